The summed E-state index contributed by atoms with van der Waals surface area (Å²) in [7, 11) is 0. The van der Waals surface area contributed by atoms with E-state index in [4.69, 9.17) is 9.84 Å². The number of ether oxygens (including phenoxy) is 1. The van der Waals surface area contributed by atoms with Crippen molar-refractivity contribution in [1.82, 2.24) is 0 Å². The van der Waals surface area contributed by atoms with E-state index in [1.54, 1.807) is 18.3 Å². The van der Waals surface area contributed by atoms with Crippen molar-refractivity contribution in [3.8, 4) is 0 Å². The van der Waals surface area contributed by atoms with Crippen LogP contribution in [0.1, 0.15) is 16.6 Å². The van der Waals surface area contributed by atoms with E-state index in [0.29, 0.717) is 11.8 Å². The number of carbonyl (C=O) groups excluding carboxylic acids is 1. The Kier molecular flexibility index (Phi) is 3.49. The van der Waals surface area contributed by atoms with Gasteiger partial charge in [-0.05, 0) is 6.07 Å². The Hall–Kier alpha value is -1.34. The van der Waals surface area contributed by atoms with E-state index in [1.165, 1.54) is 10.8 Å². The van der Waals surface area contributed by atoms with Gasteiger partial charge in [0.1, 0.15) is 12.2 Å². The van der Waals surface area contributed by atoms with Gasteiger partial charge in [0.05, 0.1) is 12.2 Å². The molecule has 2 rings (SSSR count). The molecular weight excluding hydrogens is 226 g/mol. The Balaban J connectivity index is 2.25. The van der Waals surface area contributed by atoms with Gasteiger partial charge in [0.25, 0.3) is 6.23 Å². The first-order valence-electron chi connectivity index (χ1n) is 5.26. The molecule has 0 saturated carbocycles. The Morgan fingerprint density at radius 1 is 1.41 bits per heavy atom. The summed E-state index contributed by atoms with van der Waals surface area (Å²) in [5.41, 5.74) is 0.435. The summed E-state index contributed by atoms with van der Waals surface area (Å²) in [4.78, 5) is 10.6. The first-order valence-corrected chi connectivity index (χ1v) is 5.26. The Morgan fingerprint density at radius 2 is 2.18 bits per heavy atom. The van der Waals surface area contributed by atoms with Crippen LogP contribution in [0.4, 0.5) is 0 Å². The minimum Gasteiger partial charge on any atom is -0.394 e. The summed E-state index contributed by atoms with van der Waals surface area (Å²) in [6, 6.07) is 3.25. The molecular formula is C11H14NO5+. The molecule has 2 heterocycles. The van der Waals surface area contributed by atoms with E-state index in [2.05, 4.69) is 0 Å². The molecule has 17 heavy (non-hydrogen) atoms. The second kappa shape index (κ2) is 4.89. The maximum Gasteiger partial charge on any atom is 0.292 e. The number of aliphatic hydroxyl groups is 3. The van der Waals surface area contributed by atoms with Crippen LogP contribution in [0.15, 0.2) is 24.5 Å². The predicted molar refractivity (Wildman–Crippen MR) is 55.0 cm³/mol. The summed E-state index contributed by atoms with van der Waals surface area (Å²) in [6.45, 7) is -0.372. The Morgan fingerprint density at radius 3 is 2.76 bits per heavy atom. The van der Waals surface area contributed by atoms with E-state index < -0.39 is 24.5 Å². The van der Waals surface area contributed by atoms with Crippen molar-refractivity contribution in [2.45, 2.75) is 24.5 Å². The van der Waals surface area contributed by atoms with Crippen LogP contribution in [0.3, 0.4) is 0 Å². The number of aliphatic hydroxyl groups excluding tert-OH is 3. The molecule has 0 aliphatic carbocycles. The zero-order chi connectivity index (χ0) is 12.4. The second-order valence-electron chi connectivity index (χ2n) is 3.93. The highest BCUT2D eigenvalue weighted by atomic mass is 16.6. The van der Waals surface area contributed by atoms with Gasteiger partial charge in [0, 0.05) is 6.07 Å². The molecule has 0 unspecified atom stereocenters. The lowest BCUT2D eigenvalue weighted by Crippen LogP contribution is -2.46. The van der Waals surface area contributed by atoms with Gasteiger partial charge in [-0.2, -0.15) is 4.57 Å². The lowest BCUT2D eigenvalue weighted by molar-refractivity contribution is -0.765. The highest BCUT2D eigenvalue weighted by Gasteiger charge is 2.47. The molecule has 1 aromatic heterocycles. The van der Waals surface area contributed by atoms with Gasteiger partial charge in [0.15, 0.2) is 24.8 Å². The molecule has 0 amide bonds. The average molecular weight is 240 g/mol. The maximum absolute atomic E-state index is 10.6. The van der Waals surface area contributed by atoms with Crippen molar-refractivity contribution < 1.29 is 29.4 Å². The summed E-state index contributed by atoms with van der Waals surface area (Å²) < 4.78 is 6.81. The fourth-order valence-electron chi connectivity index (χ4n) is 1.87. The molecule has 1 fully saturated rings. The van der Waals surface area contributed by atoms with Gasteiger partial charge < -0.3 is 20.1 Å². The predicted octanol–water partition coefficient (Wildman–Crippen LogP) is -1.60. The van der Waals surface area contributed by atoms with Crippen LogP contribution >= 0.6 is 0 Å². The van der Waals surface area contributed by atoms with Crippen molar-refractivity contribution in [3.63, 3.8) is 0 Å². The molecule has 92 valence electrons. The zero-order valence-electron chi connectivity index (χ0n) is 9.01. The summed E-state index contributed by atoms with van der Waals surface area (Å²) in [5, 5.41) is 28.3. The van der Waals surface area contributed by atoms with Crippen molar-refractivity contribution in [2.24, 2.45) is 0 Å². The third kappa shape index (κ3) is 2.20. The molecule has 4 atom stereocenters. The van der Waals surface area contributed by atoms with Gasteiger partial charge in [-0.25, -0.2) is 0 Å². The smallest absolute Gasteiger partial charge is 0.292 e. The monoisotopic (exact) mass is 240 g/mol. The fourth-order valence-corrected chi connectivity index (χ4v) is 1.87. The van der Waals surface area contributed by atoms with E-state index in [0.717, 1.165) is 0 Å². The standard InChI is InChI=1S/C11H14NO5/c13-5-7-2-1-3-12(4-7)11-10(16)9(15)8(6-14)17-11/h1-5,8-11,14-16H,6H2/q+1/t8-,9-,10-,11-/m1/s1. The number of pyridine rings is 1. The largest absolute Gasteiger partial charge is 0.394 e. The third-order valence-corrected chi connectivity index (χ3v) is 2.79. The first kappa shape index (κ1) is 12.1. The molecule has 3 N–H and O–H groups in total. The molecule has 0 radical (unpaired) electrons. The Labute approximate surface area is 97.7 Å². The van der Waals surface area contributed by atoms with Gasteiger partial charge in [0.2, 0.25) is 0 Å². The highest BCUT2D eigenvalue weighted by Crippen LogP contribution is 2.24. The summed E-state index contributed by atoms with van der Waals surface area (Å²) in [5.74, 6) is 0. The molecule has 0 spiro atoms. The highest BCUT2D eigenvalue weighted by molar-refractivity contribution is 5.73. The summed E-state index contributed by atoms with van der Waals surface area (Å²) in [6.07, 6.45) is -0.0979. The normalized spacial score (nSPS) is 32.6. The molecule has 6 nitrogen and oxygen atoms in total. The van der Waals surface area contributed by atoms with Gasteiger partial charge >= 0.3 is 0 Å². The average Bonchev–Trinajstić information content (AvgIpc) is 2.66. The quantitative estimate of drug-likeness (QED) is 0.437. The number of rotatable bonds is 3. The van der Waals surface area contributed by atoms with Crippen molar-refractivity contribution in [3.05, 3.63) is 30.1 Å². The Bertz CT molecular complexity index is 411. The van der Waals surface area contributed by atoms with Crippen LogP contribution in [-0.4, -0.2) is 46.5 Å². The maximum atomic E-state index is 10.6. The van der Waals surface area contributed by atoms with Crippen LogP contribution in [0.5, 0.6) is 0 Å². The van der Waals surface area contributed by atoms with Crippen LogP contribution in [0, 0.1) is 0 Å². The van der Waals surface area contributed by atoms with Gasteiger partial charge in [-0.1, -0.05) is 0 Å². The van der Waals surface area contributed by atoms with E-state index >= 15 is 0 Å². The van der Waals surface area contributed by atoms with Gasteiger partial charge in [-0.15, -0.1) is 0 Å². The zero-order valence-corrected chi connectivity index (χ0v) is 9.01. The molecule has 6 heteroatoms. The van der Waals surface area contributed by atoms with Gasteiger partial charge in [-0.3, -0.25) is 4.79 Å². The van der Waals surface area contributed by atoms with Crippen molar-refractivity contribution in [1.29, 1.82) is 0 Å². The van der Waals surface area contributed by atoms with Crippen molar-refractivity contribution in [2.75, 3.05) is 6.61 Å². The summed E-state index contributed by atoms with van der Waals surface area (Å²) >= 11 is 0. The van der Waals surface area contributed by atoms with Crippen LogP contribution in [-0.2, 0) is 4.74 Å². The number of hydrogen-bond acceptors (Lipinski definition) is 5. The SMILES string of the molecule is O=Cc1ccc[n+]([C@@H]2O[C@H](CO)[C@@H](O)[C@H]2O)c1. The molecule has 1 aliphatic heterocycles. The molecule has 0 aromatic carbocycles. The molecule has 1 saturated heterocycles. The van der Waals surface area contributed by atoms with Crippen LogP contribution < -0.4 is 4.57 Å². The van der Waals surface area contributed by atoms with Crippen LogP contribution in [0.25, 0.3) is 0 Å². The van der Waals surface area contributed by atoms with E-state index in [-0.39, 0.29) is 6.61 Å². The lowest BCUT2D eigenvalue weighted by atomic mass is 10.1. The minimum atomic E-state index is -1.14. The number of hydrogen-bond donors (Lipinski definition) is 3. The minimum absolute atomic E-state index is 0.372. The number of aldehydes is 1. The van der Waals surface area contributed by atoms with Crippen molar-refractivity contribution >= 4 is 6.29 Å². The second-order valence-corrected chi connectivity index (χ2v) is 3.93. The number of carbonyl (C=O) groups is 1. The lowest BCUT2D eigenvalue weighted by Gasteiger charge is -2.09. The van der Waals surface area contributed by atoms with E-state index in [9.17, 15) is 15.0 Å². The number of nitrogens with zero attached hydrogens (tertiary/aromatic N) is 1. The molecule has 1 aliphatic rings. The topological polar surface area (TPSA) is 90.9 Å². The molecule has 1 aromatic rings. The van der Waals surface area contributed by atoms with Crippen LogP contribution in [0.2, 0.25) is 0 Å². The fraction of sp³-hybridized carbons (Fsp3) is 0.455. The first-order chi connectivity index (χ1) is 8.17. The van der Waals surface area contributed by atoms with E-state index in [1.807, 2.05) is 0 Å². The number of aromatic nitrogens is 1. The molecule has 0 bridgehead atoms. The third-order valence-electron chi connectivity index (χ3n) is 2.79.